The molecule has 19 heavy (non-hydrogen) atoms. The van der Waals surface area contributed by atoms with Crippen molar-refractivity contribution in [2.45, 2.75) is 52.6 Å². The normalized spacial score (nSPS) is 13.4. The van der Waals surface area contributed by atoms with Gasteiger partial charge in [0.25, 0.3) is 0 Å². The highest BCUT2D eigenvalue weighted by atomic mass is 32.1. The molecule has 0 saturated heterocycles. The van der Waals surface area contributed by atoms with Crippen molar-refractivity contribution in [1.29, 1.82) is 0 Å². The Morgan fingerprint density at radius 3 is 2.11 bits per heavy atom. The maximum Gasteiger partial charge on any atom is 0.117 e. The number of nitrogens with zero attached hydrogens (tertiary/aromatic N) is 2. The third-order valence-electron chi connectivity index (χ3n) is 2.76. The van der Waals surface area contributed by atoms with E-state index in [1.54, 1.807) is 22.7 Å². The number of aromatic nitrogens is 2. The molecule has 1 N–H and O–H groups in total. The van der Waals surface area contributed by atoms with Gasteiger partial charge in [-0.2, -0.15) is 0 Å². The molecule has 0 radical (unpaired) electrons. The first-order valence-corrected chi connectivity index (χ1v) is 8.36. The molecule has 1 unspecified atom stereocenters. The van der Waals surface area contributed by atoms with Crippen molar-refractivity contribution < 1.29 is 0 Å². The smallest absolute Gasteiger partial charge is 0.117 e. The van der Waals surface area contributed by atoms with Crippen LogP contribution in [-0.4, -0.2) is 16.0 Å². The SMILES string of the molecule is Cc1csc(C(NC(C)C)c2nc(C(C)C)cs2)n1. The Hall–Kier alpha value is -0.780. The van der Waals surface area contributed by atoms with Gasteiger partial charge >= 0.3 is 0 Å². The quantitative estimate of drug-likeness (QED) is 0.901. The molecule has 0 fully saturated rings. The number of aryl methyl sites for hydroxylation is 1. The van der Waals surface area contributed by atoms with Gasteiger partial charge in [-0.05, 0) is 26.7 Å². The second kappa shape index (κ2) is 6.11. The molecule has 1 atom stereocenters. The molecule has 2 aromatic heterocycles. The van der Waals surface area contributed by atoms with Crippen LogP contribution in [0.4, 0.5) is 0 Å². The van der Waals surface area contributed by atoms with Crippen molar-refractivity contribution in [3.8, 4) is 0 Å². The van der Waals surface area contributed by atoms with Crippen LogP contribution >= 0.6 is 22.7 Å². The Kier molecular flexibility index (Phi) is 4.71. The Balaban J connectivity index is 2.31. The maximum absolute atomic E-state index is 4.77. The van der Waals surface area contributed by atoms with E-state index in [1.165, 1.54) is 5.69 Å². The number of hydrogen-bond donors (Lipinski definition) is 1. The molecule has 0 aliphatic carbocycles. The van der Waals surface area contributed by atoms with E-state index in [-0.39, 0.29) is 6.04 Å². The third-order valence-corrected chi connectivity index (χ3v) is 4.72. The summed E-state index contributed by atoms with van der Waals surface area (Å²) < 4.78 is 0. The van der Waals surface area contributed by atoms with Crippen molar-refractivity contribution >= 4 is 22.7 Å². The minimum atomic E-state index is 0.121. The molecule has 104 valence electrons. The van der Waals surface area contributed by atoms with E-state index in [1.807, 2.05) is 6.92 Å². The Morgan fingerprint density at radius 1 is 1.00 bits per heavy atom. The zero-order valence-corrected chi connectivity index (χ0v) is 13.7. The molecule has 5 heteroatoms. The Morgan fingerprint density at radius 2 is 1.63 bits per heavy atom. The minimum absolute atomic E-state index is 0.121. The van der Waals surface area contributed by atoms with Gasteiger partial charge in [-0.25, -0.2) is 9.97 Å². The summed E-state index contributed by atoms with van der Waals surface area (Å²) in [5.74, 6) is 0.475. The molecule has 2 rings (SSSR count). The van der Waals surface area contributed by atoms with E-state index in [4.69, 9.17) is 4.98 Å². The van der Waals surface area contributed by atoms with Gasteiger partial charge in [0, 0.05) is 22.5 Å². The summed E-state index contributed by atoms with van der Waals surface area (Å²) >= 11 is 3.43. The number of hydrogen-bond acceptors (Lipinski definition) is 5. The van der Waals surface area contributed by atoms with E-state index >= 15 is 0 Å². The summed E-state index contributed by atoms with van der Waals surface area (Å²) in [4.78, 5) is 9.39. The standard InChI is InChI=1S/C14H21N3S2/c1-8(2)11-7-19-14(17-11)12(15-9(3)4)13-16-10(5)6-18-13/h6-9,12,15H,1-5H3. The fourth-order valence-corrected chi connectivity index (χ4v) is 3.76. The van der Waals surface area contributed by atoms with Gasteiger partial charge < -0.3 is 5.32 Å². The topological polar surface area (TPSA) is 37.8 Å². The summed E-state index contributed by atoms with van der Waals surface area (Å²) in [5, 5.41) is 10.1. The third kappa shape index (κ3) is 3.61. The first-order chi connectivity index (χ1) is 8.97. The molecular weight excluding hydrogens is 274 g/mol. The predicted molar refractivity (Wildman–Crippen MR) is 83.2 cm³/mol. The van der Waals surface area contributed by atoms with Crippen LogP contribution < -0.4 is 5.32 Å². The lowest BCUT2D eigenvalue weighted by atomic mass is 10.2. The van der Waals surface area contributed by atoms with Crippen molar-refractivity contribution in [2.75, 3.05) is 0 Å². The zero-order valence-electron chi connectivity index (χ0n) is 12.1. The van der Waals surface area contributed by atoms with E-state index in [0.717, 1.165) is 15.7 Å². The summed E-state index contributed by atoms with van der Waals surface area (Å²) in [6.07, 6.45) is 0. The van der Waals surface area contributed by atoms with Gasteiger partial charge in [0.2, 0.25) is 0 Å². The van der Waals surface area contributed by atoms with Crippen molar-refractivity contribution in [3.05, 3.63) is 32.2 Å². The summed E-state index contributed by atoms with van der Waals surface area (Å²) in [6, 6.07) is 0.525. The van der Waals surface area contributed by atoms with E-state index in [2.05, 4.69) is 48.8 Å². The van der Waals surface area contributed by atoms with Crippen LogP contribution in [0.3, 0.4) is 0 Å². The highest BCUT2D eigenvalue weighted by Crippen LogP contribution is 2.29. The number of nitrogens with one attached hydrogen (secondary N) is 1. The minimum Gasteiger partial charge on any atom is -0.300 e. The molecule has 0 aromatic carbocycles. The Bertz CT molecular complexity index is 528. The number of rotatable bonds is 5. The average molecular weight is 295 g/mol. The lowest BCUT2D eigenvalue weighted by Crippen LogP contribution is -2.28. The second-order valence-electron chi connectivity index (χ2n) is 5.35. The van der Waals surface area contributed by atoms with E-state index in [0.29, 0.717) is 12.0 Å². The molecular formula is C14H21N3S2. The molecule has 0 aliphatic heterocycles. The molecule has 0 amide bonds. The van der Waals surface area contributed by atoms with Crippen LogP contribution in [0.2, 0.25) is 0 Å². The van der Waals surface area contributed by atoms with Crippen LogP contribution in [0, 0.1) is 6.92 Å². The average Bonchev–Trinajstić information content (AvgIpc) is 2.94. The fourth-order valence-electron chi connectivity index (χ4n) is 1.78. The van der Waals surface area contributed by atoms with Gasteiger partial charge in [-0.15, -0.1) is 22.7 Å². The number of thiazole rings is 2. The molecule has 0 bridgehead atoms. The van der Waals surface area contributed by atoms with E-state index in [9.17, 15) is 0 Å². The van der Waals surface area contributed by atoms with Crippen LogP contribution in [-0.2, 0) is 0 Å². The van der Waals surface area contributed by atoms with Crippen molar-refractivity contribution in [3.63, 3.8) is 0 Å². The molecule has 3 nitrogen and oxygen atoms in total. The predicted octanol–water partition coefficient (Wildman–Crippen LogP) is 4.12. The molecule has 0 aliphatic rings. The lowest BCUT2D eigenvalue weighted by Gasteiger charge is -2.17. The highest BCUT2D eigenvalue weighted by molar-refractivity contribution is 7.11. The van der Waals surface area contributed by atoms with Crippen LogP contribution in [0.5, 0.6) is 0 Å². The van der Waals surface area contributed by atoms with Crippen molar-refractivity contribution in [2.24, 2.45) is 0 Å². The van der Waals surface area contributed by atoms with E-state index < -0.39 is 0 Å². The fraction of sp³-hybridized carbons (Fsp3) is 0.571. The van der Waals surface area contributed by atoms with Gasteiger partial charge in [-0.1, -0.05) is 13.8 Å². The highest BCUT2D eigenvalue weighted by Gasteiger charge is 2.22. The monoisotopic (exact) mass is 295 g/mol. The lowest BCUT2D eigenvalue weighted by molar-refractivity contribution is 0.523. The second-order valence-corrected chi connectivity index (χ2v) is 7.13. The summed E-state index contributed by atoms with van der Waals surface area (Å²) in [5.41, 5.74) is 2.25. The van der Waals surface area contributed by atoms with Crippen molar-refractivity contribution in [1.82, 2.24) is 15.3 Å². The molecule has 2 heterocycles. The Labute approximate surface area is 123 Å². The summed E-state index contributed by atoms with van der Waals surface area (Å²) in [6.45, 7) is 10.7. The van der Waals surface area contributed by atoms with Gasteiger partial charge in [-0.3, -0.25) is 0 Å². The molecule has 2 aromatic rings. The van der Waals surface area contributed by atoms with Gasteiger partial charge in [0.15, 0.2) is 0 Å². The van der Waals surface area contributed by atoms with Crippen LogP contribution in [0.25, 0.3) is 0 Å². The van der Waals surface area contributed by atoms with Gasteiger partial charge in [0.1, 0.15) is 16.1 Å². The maximum atomic E-state index is 4.77. The molecule has 0 saturated carbocycles. The largest absolute Gasteiger partial charge is 0.300 e. The van der Waals surface area contributed by atoms with Crippen LogP contribution in [0.1, 0.15) is 61.1 Å². The first kappa shape index (κ1) is 14.6. The van der Waals surface area contributed by atoms with Gasteiger partial charge in [0.05, 0.1) is 5.69 Å². The zero-order chi connectivity index (χ0) is 14.0. The van der Waals surface area contributed by atoms with Crippen LogP contribution in [0.15, 0.2) is 10.8 Å². The summed E-state index contributed by atoms with van der Waals surface area (Å²) in [7, 11) is 0. The first-order valence-electron chi connectivity index (χ1n) is 6.60. The molecule has 0 spiro atoms.